The molecule has 19 heavy (non-hydrogen) atoms. The van der Waals surface area contributed by atoms with E-state index in [-0.39, 0.29) is 11.9 Å². The highest BCUT2D eigenvalue weighted by Gasteiger charge is 2.06. The fraction of sp³-hybridized carbons (Fsp3) is 0.250. The van der Waals surface area contributed by atoms with E-state index in [0.717, 1.165) is 10.9 Å². The van der Waals surface area contributed by atoms with Crippen molar-refractivity contribution in [3.63, 3.8) is 0 Å². The van der Waals surface area contributed by atoms with E-state index in [9.17, 15) is 0 Å². The quantitative estimate of drug-likeness (QED) is 0.546. The van der Waals surface area contributed by atoms with Crippen LogP contribution in [0.1, 0.15) is 19.9 Å². The van der Waals surface area contributed by atoms with Gasteiger partial charge in [-0.3, -0.25) is 4.68 Å². The van der Waals surface area contributed by atoms with Crippen LogP contribution in [0, 0.1) is 0 Å². The highest BCUT2D eigenvalue weighted by Crippen LogP contribution is 2.23. The summed E-state index contributed by atoms with van der Waals surface area (Å²) in [5, 5.41) is 5.33. The van der Waals surface area contributed by atoms with Crippen molar-refractivity contribution in [1.29, 1.82) is 0 Å². The maximum absolute atomic E-state index is 5.59. The molecule has 0 saturated heterocycles. The Labute approximate surface area is 110 Å². The summed E-state index contributed by atoms with van der Waals surface area (Å²) in [4.78, 5) is 7.78. The Morgan fingerprint density at radius 1 is 1.26 bits per heavy atom. The Morgan fingerprint density at radius 3 is 2.63 bits per heavy atom. The molecule has 0 fully saturated rings. The Morgan fingerprint density at radius 2 is 2.00 bits per heavy atom. The molecule has 1 aromatic heterocycles. The van der Waals surface area contributed by atoms with Crippen LogP contribution < -0.4 is 17.2 Å². The second kappa shape index (κ2) is 4.97. The Balaban J connectivity index is 2.41. The van der Waals surface area contributed by atoms with Crippen molar-refractivity contribution in [3.8, 4) is 0 Å². The number of aliphatic imine (C=N–C) groups is 2. The van der Waals surface area contributed by atoms with Gasteiger partial charge in [-0.1, -0.05) is 0 Å². The molecule has 0 spiro atoms. The molecule has 7 nitrogen and oxygen atoms in total. The van der Waals surface area contributed by atoms with Crippen LogP contribution in [-0.2, 0) is 0 Å². The summed E-state index contributed by atoms with van der Waals surface area (Å²) in [7, 11) is 0. The number of aromatic nitrogens is 2. The maximum atomic E-state index is 5.59. The van der Waals surface area contributed by atoms with Crippen LogP contribution in [0.5, 0.6) is 0 Å². The minimum Gasteiger partial charge on any atom is -0.370 e. The largest absolute Gasteiger partial charge is 0.370 e. The molecule has 1 heterocycles. The van der Waals surface area contributed by atoms with E-state index in [1.807, 2.05) is 22.9 Å². The zero-order valence-electron chi connectivity index (χ0n) is 10.9. The third kappa shape index (κ3) is 2.82. The normalized spacial score (nSPS) is 12.1. The molecule has 6 N–H and O–H groups in total. The third-order valence-corrected chi connectivity index (χ3v) is 2.56. The fourth-order valence-corrected chi connectivity index (χ4v) is 1.81. The lowest BCUT2D eigenvalue weighted by Crippen LogP contribution is -2.26. The predicted molar refractivity (Wildman–Crippen MR) is 77.2 cm³/mol. The maximum Gasteiger partial charge on any atom is 0.223 e. The summed E-state index contributed by atoms with van der Waals surface area (Å²) in [6.07, 6.45) is 1.80. The molecule has 1 aromatic carbocycles. The van der Waals surface area contributed by atoms with Crippen molar-refractivity contribution in [2.75, 3.05) is 0 Å². The lowest BCUT2D eigenvalue weighted by atomic mass is 10.2. The van der Waals surface area contributed by atoms with Crippen LogP contribution in [0.4, 0.5) is 5.69 Å². The number of hydrogen-bond acceptors (Lipinski definition) is 2. The molecule has 0 saturated carbocycles. The Kier molecular flexibility index (Phi) is 3.37. The number of rotatable bonds is 2. The van der Waals surface area contributed by atoms with E-state index in [0.29, 0.717) is 11.7 Å². The summed E-state index contributed by atoms with van der Waals surface area (Å²) in [6, 6.07) is 5.98. The Hall–Kier alpha value is -2.57. The van der Waals surface area contributed by atoms with Crippen LogP contribution >= 0.6 is 0 Å². The molecular weight excluding hydrogens is 242 g/mol. The number of fused-ring (bicyclic) bond motifs is 1. The van der Waals surface area contributed by atoms with Gasteiger partial charge in [0.25, 0.3) is 0 Å². The first kappa shape index (κ1) is 12.9. The van der Waals surface area contributed by atoms with Crippen LogP contribution in [0.3, 0.4) is 0 Å². The van der Waals surface area contributed by atoms with Crippen molar-refractivity contribution in [3.05, 3.63) is 24.4 Å². The van der Waals surface area contributed by atoms with Gasteiger partial charge < -0.3 is 17.2 Å². The second-order valence-corrected chi connectivity index (χ2v) is 4.43. The lowest BCUT2D eigenvalue weighted by molar-refractivity contribution is 0.551. The molecule has 0 radical (unpaired) electrons. The molecular formula is C12H17N7. The molecule has 2 rings (SSSR count). The first-order valence-electron chi connectivity index (χ1n) is 5.88. The summed E-state index contributed by atoms with van der Waals surface area (Å²) in [6.45, 7) is 4.16. The number of guanidine groups is 2. The van der Waals surface area contributed by atoms with Gasteiger partial charge in [-0.25, -0.2) is 4.99 Å². The highest BCUT2D eigenvalue weighted by molar-refractivity contribution is 5.94. The van der Waals surface area contributed by atoms with Crippen LogP contribution in [0.25, 0.3) is 10.9 Å². The van der Waals surface area contributed by atoms with E-state index in [4.69, 9.17) is 17.2 Å². The summed E-state index contributed by atoms with van der Waals surface area (Å²) in [5.41, 5.74) is 17.8. The van der Waals surface area contributed by atoms with E-state index in [2.05, 4.69) is 28.9 Å². The second-order valence-electron chi connectivity index (χ2n) is 4.43. The Bertz CT molecular complexity index is 647. The van der Waals surface area contributed by atoms with Gasteiger partial charge in [-0.2, -0.15) is 10.1 Å². The highest BCUT2D eigenvalue weighted by atomic mass is 15.3. The molecule has 0 aliphatic heterocycles. The molecule has 2 aromatic rings. The minimum absolute atomic E-state index is 0.0237. The first-order chi connectivity index (χ1) is 8.97. The number of nitrogens with zero attached hydrogens (tertiary/aromatic N) is 4. The number of hydrogen-bond donors (Lipinski definition) is 3. The predicted octanol–water partition coefficient (Wildman–Crippen LogP) is 0.837. The molecule has 0 amide bonds. The third-order valence-electron chi connectivity index (χ3n) is 2.56. The van der Waals surface area contributed by atoms with Crippen LogP contribution in [0.2, 0.25) is 0 Å². The molecule has 0 bridgehead atoms. The van der Waals surface area contributed by atoms with Gasteiger partial charge in [0.2, 0.25) is 5.96 Å². The standard InChI is InChI=1S/C12H17N7/c1-7(2)19-10-4-3-9(5-8(10)6-16-19)17-12(15)18-11(13)14/h3-7H,1-2H3,(H6,13,14,15,17,18). The number of benzene rings is 1. The smallest absolute Gasteiger partial charge is 0.223 e. The van der Waals surface area contributed by atoms with Gasteiger partial charge in [0.15, 0.2) is 5.96 Å². The first-order valence-corrected chi connectivity index (χ1v) is 5.88. The molecule has 0 aliphatic rings. The van der Waals surface area contributed by atoms with E-state index in [1.54, 1.807) is 6.20 Å². The van der Waals surface area contributed by atoms with Crippen molar-refractivity contribution >= 4 is 28.5 Å². The van der Waals surface area contributed by atoms with Gasteiger partial charge in [0.05, 0.1) is 17.4 Å². The molecule has 0 unspecified atom stereocenters. The minimum atomic E-state index is -0.116. The molecule has 7 heteroatoms. The molecule has 100 valence electrons. The SMILES string of the molecule is CC(C)n1ncc2cc(N=C(N)N=C(N)N)ccc21. The zero-order valence-corrected chi connectivity index (χ0v) is 10.9. The topological polar surface area (TPSA) is 121 Å². The summed E-state index contributed by atoms with van der Waals surface area (Å²) in [5.74, 6) is -0.0921. The van der Waals surface area contributed by atoms with Crippen molar-refractivity contribution in [2.45, 2.75) is 19.9 Å². The summed E-state index contributed by atoms with van der Waals surface area (Å²) < 4.78 is 1.95. The fourth-order valence-electron chi connectivity index (χ4n) is 1.81. The van der Waals surface area contributed by atoms with Crippen molar-refractivity contribution < 1.29 is 0 Å². The van der Waals surface area contributed by atoms with E-state index >= 15 is 0 Å². The van der Waals surface area contributed by atoms with Gasteiger partial charge >= 0.3 is 0 Å². The van der Waals surface area contributed by atoms with Gasteiger partial charge in [-0.05, 0) is 32.0 Å². The van der Waals surface area contributed by atoms with Gasteiger partial charge in [-0.15, -0.1) is 0 Å². The van der Waals surface area contributed by atoms with Gasteiger partial charge in [0.1, 0.15) is 0 Å². The van der Waals surface area contributed by atoms with Crippen molar-refractivity contribution in [1.82, 2.24) is 9.78 Å². The van der Waals surface area contributed by atoms with Crippen LogP contribution in [-0.4, -0.2) is 21.7 Å². The van der Waals surface area contributed by atoms with Crippen LogP contribution in [0.15, 0.2) is 34.4 Å². The average Bonchev–Trinajstić information content (AvgIpc) is 2.70. The molecule has 0 atom stereocenters. The molecule has 0 aliphatic carbocycles. The van der Waals surface area contributed by atoms with Crippen molar-refractivity contribution in [2.24, 2.45) is 27.2 Å². The monoisotopic (exact) mass is 259 g/mol. The van der Waals surface area contributed by atoms with E-state index < -0.39 is 0 Å². The lowest BCUT2D eigenvalue weighted by Gasteiger charge is -2.06. The average molecular weight is 259 g/mol. The number of nitrogens with two attached hydrogens (primary N) is 3. The van der Waals surface area contributed by atoms with E-state index in [1.165, 1.54) is 0 Å². The zero-order chi connectivity index (χ0) is 14.0. The van der Waals surface area contributed by atoms with Gasteiger partial charge in [0, 0.05) is 11.4 Å². The summed E-state index contributed by atoms with van der Waals surface area (Å²) >= 11 is 0.